The molecule has 0 saturated carbocycles. The highest BCUT2D eigenvalue weighted by Crippen LogP contribution is 2.26. The fourth-order valence-corrected chi connectivity index (χ4v) is 3.10. The average molecular weight is 376 g/mol. The van der Waals surface area contributed by atoms with Gasteiger partial charge in [0, 0.05) is 29.5 Å². The molecule has 5 N–H and O–H groups in total. The molecule has 0 saturated heterocycles. The molecule has 2 aromatic heterocycles. The Balaban J connectivity index is 1.61. The van der Waals surface area contributed by atoms with Gasteiger partial charge in [-0.3, -0.25) is 9.59 Å². The van der Waals surface area contributed by atoms with Crippen LogP contribution in [0.2, 0.25) is 0 Å². The number of nitrogens with one attached hydrogen (secondary N) is 3. The van der Waals surface area contributed by atoms with Crippen molar-refractivity contribution in [3.8, 4) is 17.0 Å². The molecule has 28 heavy (non-hydrogen) atoms. The molecule has 0 radical (unpaired) electrons. The molecule has 0 atom stereocenters. The van der Waals surface area contributed by atoms with Gasteiger partial charge in [-0.1, -0.05) is 18.2 Å². The second-order valence-electron chi connectivity index (χ2n) is 6.46. The van der Waals surface area contributed by atoms with Gasteiger partial charge < -0.3 is 25.8 Å². The van der Waals surface area contributed by atoms with Crippen molar-refractivity contribution < 1.29 is 9.53 Å². The highest BCUT2D eigenvalue weighted by Gasteiger charge is 2.10. The molecule has 4 aromatic rings. The number of amides is 1. The van der Waals surface area contributed by atoms with Crippen molar-refractivity contribution in [1.29, 1.82) is 0 Å². The lowest BCUT2D eigenvalue weighted by Crippen LogP contribution is -2.32. The molecule has 0 spiro atoms. The van der Waals surface area contributed by atoms with Crippen molar-refractivity contribution in [3.05, 3.63) is 65.0 Å². The zero-order valence-corrected chi connectivity index (χ0v) is 15.1. The van der Waals surface area contributed by atoms with E-state index in [4.69, 9.17) is 10.5 Å². The lowest BCUT2D eigenvalue weighted by atomic mass is 10.1. The molecular weight excluding hydrogens is 356 g/mol. The second-order valence-corrected chi connectivity index (χ2v) is 6.46. The predicted octanol–water partition coefficient (Wildman–Crippen LogP) is 2.13. The van der Waals surface area contributed by atoms with Crippen molar-refractivity contribution in [2.45, 2.75) is 0 Å². The summed E-state index contributed by atoms with van der Waals surface area (Å²) in [5.74, 6) is 0.358. The lowest BCUT2D eigenvalue weighted by Gasteiger charge is -2.06. The van der Waals surface area contributed by atoms with Gasteiger partial charge in [0.25, 0.3) is 11.5 Å². The van der Waals surface area contributed by atoms with Gasteiger partial charge >= 0.3 is 0 Å². The molecule has 0 aliphatic carbocycles. The number of nitrogens with two attached hydrogens (primary N) is 1. The quantitative estimate of drug-likeness (QED) is 0.413. The first kappa shape index (κ1) is 17.8. The van der Waals surface area contributed by atoms with Gasteiger partial charge in [0.05, 0.1) is 11.3 Å². The first-order valence-corrected chi connectivity index (χ1v) is 8.99. The summed E-state index contributed by atoms with van der Waals surface area (Å²) in [6.07, 6.45) is 0. The number of fused-ring (bicyclic) bond motifs is 2. The van der Waals surface area contributed by atoms with Gasteiger partial charge in [0.2, 0.25) is 0 Å². The third-order valence-electron chi connectivity index (χ3n) is 4.47. The van der Waals surface area contributed by atoms with Crippen LogP contribution in [0.1, 0.15) is 0 Å². The van der Waals surface area contributed by atoms with E-state index in [0.717, 1.165) is 27.5 Å². The molecule has 0 aliphatic rings. The maximum Gasteiger partial charge on any atom is 0.257 e. The fraction of sp³-hybridized carbons (Fsp3) is 0.143. The Morgan fingerprint density at radius 2 is 1.82 bits per heavy atom. The summed E-state index contributed by atoms with van der Waals surface area (Å²) in [4.78, 5) is 30.3. The lowest BCUT2D eigenvalue weighted by molar-refractivity contribution is -0.123. The van der Waals surface area contributed by atoms with E-state index in [1.165, 1.54) is 0 Å². The number of aromatic amines is 2. The highest BCUT2D eigenvalue weighted by atomic mass is 16.5. The van der Waals surface area contributed by atoms with Crippen LogP contribution in [0.5, 0.6) is 5.75 Å². The van der Waals surface area contributed by atoms with Crippen molar-refractivity contribution in [3.63, 3.8) is 0 Å². The Labute approximate surface area is 160 Å². The third kappa shape index (κ3) is 3.60. The topological polar surface area (TPSA) is 113 Å². The van der Waals surface area contributed by atoms with Crippen molar-refractivity contribution in [2.24, 2.45) is 5.73 Å². The van der Waals surface area contributed by atoms with E-state index in [1.54, 1.807) is 6.07 Å². The standard InChI is InChI=1S/C21H20N4O3/c22-7-8-23-20(26)12-28-15-5-6-18-14(9-15)11-19(24-18)16-10-13-3-1-2-4-17(13)25-21(16)27/h1-6,9-11,24H,7-8,12,22H2,(H,23,26)(H,25,27). The molecule has 0 bridgehead atoms. The smallest absolute Gasteiger partial charge is 0.257 e. The SMILES string of the molecule is NCCNC(=O)COc1ccc2[nH]c(-c3cc4ccccc4[nH]c3=O)cc2c1. The predicted molar refractivity (Wildman–Crippen MR) is 109 cm³/mol. The van der Waals surface area contributed by atoms with E-state index in [2.05, 4.69) is 15.3 Å². The van der Waals surface area contributed by atoms with Crippen LogP contribution in [0.3, 0.4) is 0 Å². The van der Waals surface area contributed by atoms with Crippen LogP contribution in [0, 0.1) is 0 Å². The zero-order chi connectivity index (χ0) is 19.5. The van der Waals surface area contributed by atoms with E-state index >= 15 is 0 Å². The largest absolute Gasteiger partial charge is 0.484 e. The maximum atomic E-state index is 12.5. The average Bonchev–Trinajstić information content (AvgIpc) is 3.13. The normalized spacial score (nSPS) is 11.0. The summed E-state index contributed by atoms with van der Waals surface area (Å²) in [6.45, 7) is 0.730. The minimum atomic E-state index is -0.219. The van der Waals surface area contributed by atoms with Crippen LogP contribution >= 0.6 is 0 Å². The second kappa shape index (κ2) is 7.58. The van der Waals surface area contributed by atoms with Crippen molar-refractivity contribution in [1.82, 2.24) is 15.3 Å². The summed E-state index contributed by atoms with van der Waals surface area (Å²) in [7, 11) is 0. The number of hydrogen-bond donors (Lipinski definition) is 4. The Kier molecular flexibility index (Phi) is 4.82. The number of pyridine rings is 1. The minimum Gasteiger partial charge on any atom is -0.484 e. The number of para-hydroxylation sites is 1. The van der Waals surface area contributed by atoms with E-state index < -0.39 is 0 Å². The highest BCUT2D eigenvalue weighted by molar-refractivity contribution is 5.89. The van der Waals surface area contributed by atoms with Crippen LogP contribution in [0.15, 0.2) is 59.4 Å². The molecule has 2 aromatic carbocycles. The Morgan fingerprint density at radius 3 is 2.68 bits per heavy atom. The van der Waals surface area contributed by atoms with E-state index in [0.29, 0.717) is 24.4 Å². The van der Waals surface area contributed by atoms with Crippen LogP contribution in [-0.2, 0) is 4.79 Å². The molecule has 7 heteroatoms. The Hall–Kier alpha value is -3.58. The van der Waals surface area contributed by atoms with Crippen molar-refractivity contribution >= 4 is 27.7 Å². The number of rotatable bonds is 6. The zero-order valence-electron chi connectivity index (χ0n) is 15.1. The number of carbonyl (C=O) groups is 1. The van der Waals surface area contributed by atoms with E-state index in [-0.39, 0.29) is 18.1 Å². The molecule has 0 aliphatic heterocycles. The summed E-state index contributed by atoms with van der Waals surface area (Å²) in [5, 5.41) is 4.51. The van der Waals surface area contributed by atoms with Crippen molar-refractivity contribution in [2.75, 3.05) is 19.7 Å². The monoisotopic (exact) mass is 376 g/mol. The van der Waals surface area contributed by atoms with Crippen LogP contribution in [-0.4, -0.2) is 35.6 Å². The third-order valence-corrected chi connectivity index (χ3v) is 4.47. The van der Waals surface area contributed by atoms with E-state index in [9.17, 15) is 9.59 Å². The summed E-state index contributed by atoms with van der Waals surface area (Å²) in [5.41, 5.74) is 8.17. The maximum absolute atomic E-state index is 12.5. The Morgan fingerprint density at radius 1 is 1.00 bits per heavy atom. The van der Waals surface area contributed by atoms with E-state index in [1.807, 2.05) is 48.5 Å². The number of H-pyrrole nitrogens is 2. The summed E-state index contributed by atoms with van der Waals surface area (Å²) < 4.78 is 5.53. The van der Waals surface area contributed by atoms with Crippen LogP contribution in [0.4, 0.5) is 0 Å². The first-order chi connectivity index (χ1) is 13.6. The molecule has 7 nitrogen and oxygen atoms in total. The van der Waals surface area contributed by atoms with Crippen LogP contribution in [0.25, 0.3) is 33.1 Å². The Bertz CT molecular complexity index is 1210. The summed E-state index contributed by atoms with van der Waals surface area (Å²) >= 11 is 0. The van der Waals surface area contributed by atoms with Gasteiger partial charge in [-0.25, -0.2) is 0 Å². The van der Waals surface area contributed by atoms with Gasteiger partial charge in [0.1, 0.15) is 5.75 Å². The van der Waals surface area contributed by atoms with Crippen LogP contribution < -0.4 is 21.3 Å². The fourth-order valence-electron chi connectivity index (χ4n) is 3.10. The molecule has 1 amide bonds. The van der Waals surface area contributed by atoms with Gasteiger partial charge in [-0.05, 0) is 41.8 Å². The molecule has 0 fully saturated rings. The molecule has 4 rings (SSSR count). The number of benzene rings is 2. The minimum absolute atomic E-state index is 0.0763. The molecule has 0 unspecified atom stereocenters. The van der Waals surface area contributed by atoms with Gasteiger partial charge in [-0.2, -0.15) is 0 Å². The number of ether oxygens (including phenoxy) is 1. The number of carbonyl (C=O) groups excluding carboxylic acids is 1. The van der Waals surface area contributed by atoms with Gasteiger partial charge in [-0.15, -0.1) is 0 Å². The molecular formula is C21H20N4O3. The molecule has 142 valence electrons. The summed E-state index contributed by atoms with van der Waals surface area (Å²) in [6, 6.07) is 16.9. The number of hydrogen-bond acceptors (Lipinski definition) is 4. The first-order valence-electron chi connectivity index (χ1n) is 8.99. The van der Waals surface area contributed by atoms with Gasteiger partial charge in [0.15, 0.2) is 6.61 Å². The molecule has 2 heterocycles. The number of aromatic nitrogens is 2.